The summed E-state index contributed by atoms with van der Waals surface area (Å²) in [7, 11) is 0. The van der Waals surface area contributed by atoms with E-state index in [0.29, 0.717) is 18.2 Å². The number of aryl methyl sites for hydroxylation is 1. The van der Waals surface area contributed by atoms with Crippen molar-refractivity contribution in [2.24, 2.45) is 0 Å². The number of piperidine rings is 1. The first kappa shape index (κ1) is 14.8. The Bertz CT molecular complexity index is 618. The average molecular weight is 299 g/mol. The van der Waals surface area contributed by atoms with Crippen molar-refractivity contribution >= 4 is 5.91 Å². The lowest BCUT2D eigenvalue weighted by Crippen LogP contribution is -2.36. The molecule has 1 aromatic carbocycles. The Kier molecular flexibility index (Phi) is 4.51. The van der Waals surface area contributed by atoms with Crippen molar-refractivity contribution in [1.82, 2.24) is 15.1 Å². The predicted molar refractivity (Wildman–Crippen MR) is 82.4 cm³/mol. The van der Waals surface area contributed by atoms with E-state index in [-0.39, 0.29) is 11.8 Å². The highest BCUT2D eigenvalue weighted by molar-refractivity contribution is 5.77. The van der Waals surface area contributed by atoms with E-state index in [4.69, 9.17) is 4.42 Å². The van der Waals surface area contributed by atoms with Gasteiger partial charge >= 0.3 is 0 Å². The van der Waals surface area contributed by atoms with Gasteiger partial charge in [-0.1, -0.05) is 30.3 Å². The quantitative estimate of drug-likeness (QED) is 0.871. The van der Waals surface area contributed by atoms with Gasteiger partial charge in [0.05, 0.1) is 5.92 Å². The smallest absolute Gasteiger partial charge is 0.224 e. The molecule has 0 N–H and O–H groups in total. The fraction of sp³-hybridized carbons (Fsp3) is 0.471. The van der Waals surface area contributed by atoms with Gasteiger partial charge in [0.2, 0.25) is 17.7 Å². The molecule has 1 fully saturated rings. The Labute approximate surface area is 130 Å². The van der Waals surface area contributed by atoms with Crippen molar-refractivity contribution in [3.63, 3.8) is 0 Å². The summed E-state index contributed by atoms with van der Waals surface area (Å²) >= 11 is 0. The van der Waals surface area contributed by atoms with Gasteiger partial charge in [0.15, 0.2) is 0 Å². The Morgan fingerprint density at radius 3 is 2.55 bits per heavy atom. The van der Waals surface area contributed by atoms with Crippen molar-refractivity contribution in [3.8, 4) is 0 Å². The van der Waals surface area contributed by atoms with Crippen LogP contribution in [0.25, 0.3) is 0 Å². The zero-order chi connectivity index (χ0) is 15.4. The molecule has 0 bridgehead atoms. The second-order valence-corrected chi connectivity index (χ2v) is 5.77. The standard InChI is InChI=1S/C17H21N3O2/c1-13-18-19-17(22-13)15(14-8-4-2-5-9-14)12-16(21)20-10-6-3-7-11-20/h2,4-5,8-9,15H,3,6-7,10-12H2,1H3. The van der Waals surface area contributed by atoms with Crippen LogP contribution in [0.1, 0.15) is 48.9 Å². The number of aromatic nitrogens is 2. The number of hydrogen-bond donors (Lipinski definition) is 0. The molecule has 1 aromatic heterocycles. The van der Waals surface area contributed by atoms with Crippen LogP contribution in [-0.2, 0) is 4.79 Å². The summed E-state index contributed by atoms with van der Waals surface area (Å²) in [6, 6.07) is 9.92. The van der Waals surface area contributed by atoms with Crippen LogP contribution in [-0.4, -0.2) is 34.1 Å². The SMILES string of the molecule is Cc1nnc(C(CC(=O)N2CCCCC2)c2ccccc2)o1. The summed E-state index contributed by atoms with van der Waals surface area (Å²) in [6.45, 7) is 3.50. The van der Waals surface area contributed by atoms with E-state index in [2.05, 4.69) is 10.2 Å². The van der Waals surface area contributed by atoms with Gasteiger partial charge in [-0.15, -0.1) is 10.2 Å². The molecule has 0 radical (unpaired) electrons. The van der Waals surface area contributed by atoms with Crippen LogP contribution >= 0.6 is 0 Å². The molecule has 2 aromatic rings. The molecule has 1 saturated heterocycles. The molecule has 1 aliphatic rings. The lowest BCUT2D eigenvalue weighted by Gasteiger charge is -2.28. The molecule has 5 heteroatoms. The van der Waals surface area contributed by atoms with Crippen LogP contribution in [0.5, 0.6) is 0 Å². The summed E-state index contributed by atoms with van der Waals surface area (Å²) in [5.41, 5.74) is 1.04. The van der Waals surface area contributed by atoms with Crippen LogP contribution in [0.2, 0.25) is 0 Å². The van der Waals surface area contributed by atoms with E-state index in [9.17, 15) is 4.79 Å². The van der Waals surface area contributed by atoms with Gasteiger partial charge in [-0.3, -0.25) is 4.79 Å². The lowest BCUT2D eigenvalue weighted by molar-refractivity contribution is -0.132. The number of likely N-dealkylation sites (tertiary alicyclic amines) is 1. The summed E-state index contributed by atoms with van der Waals surface area (Å²) in [4.78, 5) is 14.6. The molecule has 3 rings (SSSR count). The minimum atomic E-state index is -0.170. The third-order valence-electron chi connectivity index (χ3n) is 4.13. The highest BCUT2D eigenvalue weighted by atomic mass is 16.4. The van der Waals surface area contributed by atoms with Gasteiger partial charge in [0.1, 0.15) is 0 Å². The maximum atomic E-state index is 12.6. The molecule has 5 nitrogen and oxygen atoms in total. The maximum Gasteiger partial charge on any atom is 0.224 e. The fourth-order valence-electron chi connectivity index (χ4n) is 2.93. The van der Waals surface area contributed by atoms with E-state index in [1.165, 1.54) is 6.42 Å². The Morgan fingerprint density at radius 1 is 1.18 bits per heavy atom. The maximum absolute atomic E-state index is 12.6. The first-order valence-electron chi connectivity index (χ1n) is 7.87. The monoisotopic (exact) mass is 299 g/mol. The van der Waals surface area contributed by atoms with Gasteiger partial charge in [-0.25, -0.2) is 0 Å². The van der Waals surface area contributed by atoms with Crippen molar-refractivity contribution in [3.05, 3.63) is 47.7 Å². The Hall–Kier alpha value is -2.17. The summed E-state index contributed by atoms with van der Waals surface area (Å²) in [5.74, 6) is 1.05. The third-order valence-corrected chi connectivity index (χ3v) is 4.13. The summed E-state index contributed by atoms with van der Waals surface area (Å²) in [6.07, 6.45) is 3.79. The number of amides is 1. The van der Waals surface area contributed by atoms with Crippen molar-refractivity contribution in [2.45, 2.75) is 38.5 Å². The van der Waals surface area contributed by atoms with Gasteiger partial charge in [0.25, 0.3) is 0 Å². The van der Waals surface area contributed by atoms with Gasteiger partial charge in [0, 0.05) is 26.4 Å². The summed E-state index contributed by atoms with van der Waals surface area (Å²) in [5, 5.41) is 8.04. The number of nitrogens with zero attached hydrogens (tertiary/aromatic N) is 3. The minimum absolute atomic E-state index is 0.170. The Balaban J connectivity index is 1.81. The zero-order valence-corrected chi connectivity index (χ0v) is 12.9. The summed E-state index contributed by atoms with van der Waals surface area (Å²) < 4.78 is 5.60. The van der Waals surface area contributed by atoms with Crippen molar-refractivity contribution in [2.75, 3.05) is 13.1 Å². The van der Waals surface area contributed by atoms with E-state index in [0.717, 1.165) is 31.5 Å². The Morgan fingerprint density at radius 2 is 1.91 bits per heavy atom. The van der Waals surface area contributed by atoms with E-state index < -0.39 is 0 Å². The molecule has 22 heavy (non-hydrogen) atoms. The number of benzene rings is 1. The van der Waals surface area contributed by atoms with E-state index in [1.54, 1.807) is 6.92 Å². The molecular weight excluding hydrogens is 278 g/mol. The number of carbonyl (C=O) groups excluding carboxylic acids is 1. The third kappa shape index (κ3) is 3.35. The van der Waals surface area contributed by atoms with Crippen molar-refractivity contribution in [1.29, 1.82) is 0 Å². The molecular formula is C17H21N3O2. The molecule has 0 saturated carbocycles. The van der Waals surface area contributed by atoms with Gasteiger partial charge < -0.3 is 9.32 Å². The molecule has 1 aliphatic heterocycles. The minimum Gasteiger partial charge on any atom is -0.425 e. The van der Waals surface area contributed by atoms with Crippen LogP contribution in [0, 0.1) is 6.92 Å². The van der Waals surface area contributed by atoms with Crippen LogP contribution < -0.4 is 0 Å². The average Bonchev–Trinajstić information content (AvgIpc) is 3.00. The molecule has 116 valence electrons. The molecule has 1 atom stereocenters. The topological polar surface area (TPSA) is 59.2 Å². The van der Waals surface area contributed by atoms with Crippen LogP contribution in [0.15, 0.2) is 34.7 Å². The predicted octanol–water partition coefficient (Wildman–Crippen LogP) is 2.91. The first-order valence-corrected chi connectivity index (χ1v) is 7.87. The largest absolute Gasteiger partial charge is 0.425 e. The highest BCUT2D eigenvalue weighted by Crippen LogP contribution is 2.28. The lowest BCUT2D eigenvalue weighted by atomic mass is 9.94. The fourth-order valence-corrected chi connectivity index (χ4v) is 2.93. The highest BCUT2D eigenvalue weighted by Gasteiger charge is 2.26. The molecule has 0 spiro atoms. The number of rotatable bonds is 4. The number of hydrogen-bond acceptors (Lipinski definition) is 4. The van der Waals surface area contributed by atoms with Gasteiger partial charge in [-0.05, 0) is 24.8 Å². The van der Waals surface area contributed by atoms with E-state index in [1.807, 2.05) is 35.2 Å². The second-order valence-electron chi connectivity index (χ2n) is 5.77. The first-order chi connectivity index (χ1) is 10.7. The molecule has 0 aliphatic carbocycles. The van der Waals surface area contributed by atoms with Gasteiger partial charge in [-0.2, -0.15) is 0 Å². The molecule has 2 heterocycles. The van der Waals surface area contributed by atoms with E-state index >= 15 is 0 Å². The van der Waals surface area contributed by atoms with Crippen LogP contribution in [0.4, 0.5) is 0 Å². The normalized spacial score (nSPS) is 16.5. The number of carbonyl (C=O) groups is 1. The zero-order valence-electron chi connectivity index (χ0n) is 12.9. The second kappa shape index (κ2) is 6.73. The van der Waals surface area contributed by atoms with Crippen molar-refractivity contribution < 1.29 is 9.21 Å². The molecule has 1 amide bonds. The molecule has 1 unspecified atom stereocenters. The van der Waals surface area contributed by atoms with Crippen LogP contribution in [0.3, 0.4) is 0 Å².